The summed E-state index contributed by atoms with van der Waals surface area (Å²) in [5.41, 5.74) is -0.368. The van der Waals surface area contributed by atoms with Gasteiger partial charge in [-0.25, -0.2) is 4.98 Å². The molecule has 7 heteroatoms. The Morgan fingerprint density at radius 2 is 1.85 bits per heavy atom. The van der Waals surface area contributed by atoms with Gasteiger partial charge < -0.3 is 4.74 Å². The standard InChI is InChI=1S/C13H8F3N3O/c14-13(15,16)11(10-5-1-2-6-18-10)20-12-9(8-17)4-3-7-19-12/h1-7,11H. The van der Waals surface area contributed by atoms with Crippen LogP contribution in [0.15, 0.2) is 42.7 Å². The summed E-state index contributed by atoms with van der Waals surface area (Å²) in [7, 11) is 0. The third kappa shape index (κ3) is 3.03. The first-order valence-corrected chi connectivity index (χ1v) is 5.52. The first kappa shape index (κ1) is 13.8. The van der Waals surface area contributed by atoms with Crippen molar-refractivity contribution in [3.8, 4) is 11.9 Å². The summed E-state index contributed by atoms with van der Waals surface area (Å²) in [5.74, 6) is -0.372. The molecule has 0 spiro atoms. The van der Waals surface area contributed by atoms with E-state index in [-0.39, 0.29) is 17.1 Å². The summed E-state index contributed by atoms with van der Waals surface area (Å²) in [4.78, 5) is 7.30. The zero-order valence-electron chi connectivity index (χ0n) is 10.0. The van der Waals surface area contributed by atoms with Crippen molar-refractivity contribution >= 4 is 0 Å². The molecule has 1 unspecified atom stereocenters. The van der Waals surface area contributed by atoms with Crippen molar-refractivity contribution in [1.82, 2.24) is 9.97 Å². The number of nitrogens with zero attached hydrogens (tertiary/aromatic N) is 3. The molecule has 1 atom stereocenters. The van der Waals surface area contributed by atoms with E-state index >= 15 is 0 Å². The molecule has 0 fully saturated rings. The Hall–Kier alpha value is -2.62. The Kier molecular flexibility index (Phi) is 3.84. The Labute approximate surface area is 112 Å². The molecule has 0 aliphatic carbocycles. The van der Waals surface area contributed by atoms with Crippen molar-refractivity contribution < 1.29 is 17.9 Å². The lowest BCUT2D eigenvalue weighted by molar-refractivity contribution is -0.199. The fraction of sp³-hybridized carbons (Fsp3) is 0.154. The molecule has 0 saturated heterocycles. The van der Waals surface area contributed by atoms with Crippen molar-refractivity contribution in [2.45, 2.75) is 12.3 Å². The molecule has 4 nitrogen and oxygen atoms in total. The number of halogens is 3. The van der Waals surface area contributed by atoms with Gasteiger partial charge in [0.15, 0.2) is 0 Å². The summed E-state index contributed by atoms with van der Waals surface area (Å²) < 4.78 is 44.0. The van der Waals surface area contributed by atoms with Gasteiger partial charge in [-0.15, -0.1) is 0 Å². The van der Waals surface area contributed by atoms with Crippen molar-refractivity contribution in [2.24, 2.45) is 0 Å². The Bertz CT molecular complexity index is 623. The van der Waals surface area contributed by atoms with E-state index in [0.29, 0.717) is 0 Å². The largest absolute Gasteiger partial charge is 0.457 e. The lowest BCUT2D eigenvalue weighted by atomic mass is 10.2. The summed E-state index contributed by atoms with van der Waals surface area (Å²) >= 11 is 0. The molecule has 0 amide bonds. The quantitative estimate of drug-likeness (QED) is 0.866. The lowest BCUT2D eigenvalue weighted by Crippen LogP contribution is -2.27. The Morgan fingerprint density at radius 1 is 1.10 bits per heavy atom. The second-order valence-electron chi connectivity index (χ2n) is 3.76. The van der Waals surface area contributed by atoms with Gasteiger partial charge in [0.1, 0.15) is 11.6 Å². The molecule has 0 radical (unpaired) electrons. The highest BCUT2D eigenvalue weighted by molar-refractivity contribution is 5.37. The minimum atomic E-state index is -4.67. The zero-order valence-corrected chi connectivity index (χ0v) is 10.0. The van der Waals surface area contributed by atoms with Gasteiger partial charge in [0.2, 0.25) is 12.0 Å². The molecule has 0 bridgehead atoms. The molecule has 0 N–H and O–H groups in total. The van der Waals surface area contributed by atoms with Gasteiger partial charge in [-0.3, -0.25) is 4.98 Å². The number of rotatable bonds is 3. The van der Waals surface area contributed by atoms with Crippen LogP contribution in [0, 0.1) is 11.3 Å². The molecular weight excluding hydrogens is 271 g/mol. The smallest absolute Gasteiger partial charge is 0.431 e. The van der Waals surface area contributed by atoms with Gasteiger partial charge in [-0.2, -0.15) is 18.4 Å². The van der Waals surface area contributed by atoms with E-state index in [9.17, 15) is 13.2 Å². The van der Waals surface area contributed by atoms with Crippen LogP contribution in [0.25, 0.3) is 0 Å². The van der Waals surface area contributed by atoms with E-state index in [1.165, 1.54) is 42.7 Å². The third-order valence-corrected chi connectivity index (χ3v) is 2.37. The first-order valence-electron chi connectivity index (χ1n) is 5.52. The average Bonchev–Trinajstić information content (AvgIpc) is 2.45. The molecule has 0 aliphatic rings. The van der Waals surface area contributed by atoms with E-state index in [2.05, 4.69) is 9.97 Å². The topological polar surface area (TPSA) is 58.8 Å². The number of ether oxygens (including phenoxy) is 1. The Morgan fingerprint density at radius 3 is 2.45 bits per heavy atom. The molecule has 102 valence electrons. The first-order chi connectivity index (χ1) is 9.52. The highest BCUT2D eigenvalue weighted by Crippen LogP contribution is 2.35. The number of hydrogen-bond donors (Lipinski definition) is 0. The van der Waals surface area contributed by atoms with E-state index in [1.54, 1.807) is 6.07 Å². The molecular formula is C13H8F3N3O. The van der Waals surface area contributed by atoms with Crippen molar-refractivity contribution in [3.05, 3.63) is 54.0 Å². The van der Waals surface area contributed by atoms with Gasteiger partial charge in [-0.1, -0.05) is 6.07 Å². The van der Waals surface area contributed by atoms with Crippen molar-refractivity contribution in [1.29, 1.82) is 5.26 Å². The maximum atomic E-state index is 13.1. The fourth-order valence-electron chi connectivity index (χ4n) is 1.51. The number of hydrogen-bond acceptors (Lipinski definition) is 4. The maximum absolute atomic E-state index is 13.1. The number of aromatic nitrogens is 2. The van der Waals surface area contributed by atoms with E-state index in [1.807, 2.05) is 0 Å². The van der Waals surface area contributed by atoms with E-state index in [4.69, 9.17) is 10.00 Å². The molecule has 0 saturated carbocycles. The number of pyridine rings is 2. The molecule has 20 heavy (non-hydrogen) atoms. The maximum Gasteiger partial charge on any atom is 0.431 e. The van der Waals surface area contributed by atoms with Gasteiger partial charge in [0.05, 0.1) is 5.69 Å². The number of nitriles is 1. The molecule has 2 aromatic heterocycles. The van der Waals surface area contributed by atoms with Crippen LogP contribution in [0.5, 0.6) is 5.88 Å². The van der Waals surface area contributed by atoms with Gasteiger partial charge >= 0.3 is 6.18 Å². The highest BCUT2D eigenvalue weighted by atomic mass is 19.4. The Balaban J connectivity index is 2.38. The van der Waals surface area contributed by atoms with Crippen LogP contribution in [0.1, 0.15) is 17.4 Å². The van der Waals surface area contributed by atoms with Crippen LogP contribution in [-0.2, 0) is 0 Å². The second-order valence-corrected chi connectivity index (χ2v) is 3.76. The third-order valence-electron chi connectivity index (χ3n) is 2.37. The van der Waals surface area contributed by atoms with Gasteiger partial charge in [0, 0.05) is 12.4 Å². The summed E-state index contributed by atoms with van der Waals surface area (Å²) in [6, 6.07) is 8.62. The number of alkyl halides is 3. The van der Waals surface area contributed by atoms with Crippen molar-refractivity contribution in [3.63, 3.8) is 0 Å². The van der Waals surface area contributed by atoms with Crippen LogP contribution in [0.3, 0.4) is 0 Å². The average molecular weight is 279 g/mol. The highest BCUT2D eigenvalue weighted by Gasteiger charge is 2.44. The monoisotopic (exact) mass is 279 g/mol. The summed E-state index contributed by atoms with van der Waals surface area (Å²) in [6.07, 6.45) is -4.45. The molecule has 2 aromatic rings. The van der Waals surface area contributed by atoms with Crippen molar-refractivity contribution in [2.75, 3.05) is 0 Å². The van der Waals surface area contributed by atoms with Gasteiger partial charge in [-0.05, 0) is 24.3 Å². The van der Waals surface area contributed by atoms with Crippen LogP contribution >= 0.6 is 0 Å². The normalized spacial score (nSPS) is 12.5. The summed E-state index contributed by atoms with van der Waals surface area (Å²) in [5, 5.41) is 8.84. The molecule has 0 aromatic carbocycles. The van der Waals surface area contributed by atoms with Crippen LogP contribution in [0.2, 0.25) is 0 Å². The predicted molar refractivity (Wildman–Crippen MR) is 62.6 cm³/mol. The molecule has 2 rings (SSSR count). The molecule has 0 aliphatic heterocycles. The lowest BCUT2D eigenvalue weighted by Gasteiger charge is -2.20. The van der Waals surface area contributed by atoms with Crippen LogP contribution < -0.4 is 4.74 Å². The van der Waals surface area contributed by atoms with Crippen LogP contribution in [-0.4, -0.2) is 16.1 Å². The SMILES string of the molecule is N#Cc1cccnc1OC(c1ccccn1)C(F)(F)F. The predicted octanol–water partition coefficient (Wildman–Crippen LogP) is 3.03. The fourth-order valence-corrected chi connectivity index (χ4v) is 1.51. The summed E-state index contributed by atoms with van der Waals surface area (Å²) in [6.45, 7) is 0. The minimum Gasteiger partial charge on any atom is -0.457 e. The van der Waals surface area contributed by atoms with Crippen LogP contribution in [0.4, 0.5) is 13.2 Å². The second kappa shape index (κ2) is 5.57. The van der Waals surface area contributed by atoms with E-state index in [0.717, 1.165) is 0 Å². The van der Waals surface area contributed by atoms with E-state index < -0.39 is 12.3 Å². The minimum absolute atomic E-state index is 0.0716. The van der Waals surface area contributed by atoms with Gasteiger partial charge in [0.25, 0.3) is 0 Å². The molecule has 2 heterocycles. The zero-order chi connectivity index (χ0) is 14.6.